The maximum absolute atomic E-state index is 11.9. The van der Waals surface area contributed by atoms with Gasteiger partial charge in [-0.05, 0) is 12.5 Å². The number of nitrogens with zero attached hydrogens (tertiary/aromatic N) is 3. The third kappa shape index (κ3) is 2.85. The first kappa shape index (κ1) is 12.5. The number of amides is 1. The van der Waals surface area contributed by atoms with Crippen LogP contribution in [0, 0.1) is 0 Å². The topological polar surface area (TPSA) is 59.3 Å². The van der Waals surface area contributed by atoms with Gasteiger partial charge in [0.1, 0.15) is 5.56 Å². The number of unbranched alkanes of at least 4 members (excludes halogenated alkanes) is 3. The van der Waals surface area contributed by atoms with E-state index in [1.165, 1.54) is 12.8 Å². The third-order valence-corrected chi connectivity index (χ3v) is 2.84. The molecule has 0 spiro atoms. The van der Waals surface area contributed by atoms with Crippen LogP contribution in [-0.2, 0) is 0 Å². The molecule has 2 rings (SSSR count). The first-order valence-electron chi connectivity index (χ1n) is 6.39. The van der Waals surface area contributed by atoms with E-state index in [0.717, 1.165) is 12.8 Å². The van der Waals surface area contributed by atoms with Gasteiger partial charge >= 0.3 is 0 Å². The van der Waals surface area contributed by atoms with Crippen LogP contribution >= 0.6 is 0 Å². The summed E-state index contributed by atoms with van der Waals surface area (Å²) in [5, 5.41) is 6.99. The molecule has 0 radical (unpaired) electrons. The van der Waals surface area contributed by atoms with Gasteiger partial charge in [0, 0.05) is 18.9 Å². The van der Waals surface area contributed by atoms with Gasteiger partial charge < -0.3 is 5.32 Å². The highest BCUT2D eigenvalue weighted by molar-refractivity contribution is 5.99. The van der Waals surface area contributed by atoms with E-state index in [0.29, 0.717) is 17.8 Å². The number of hydrogen-bond donors (Lipinski definition) is 1. The molecule has 2 aromatic heterocycles. The van der Waals surface area contributed by atoms with Crippen LogP contribution in [0.2, 0.25) is 0 Å². The Hall–Kier alpha value is -1.91. The van der Waals surface area contributed by atoms with Crippen LogP contribution in [0.5, 0.6) is 0 Å². The highest BCUT2D eigenvalue weighted by atomic mass is 16.1. The molecule has 0 aliphatic rings. The van der Waals surface area contributed by atoms with Crippen molar-refractivity contribution < 1.29 is 4.79 Å². The molecule has 5 nitrogen and oxygen atoms in total. The first-order chi connectivity index (χ1) is 8.83. The van der Waals surface area contributed by atoms with Gasteiger partial charge in [-0.1, -0.05) is 26.2 Å². The SMILES string of the molecule is CCCCCCNC(=O)c1cnn2cccnc12. The second-order valence-electron chi connectivity index (χ2n) is 4.26. The van der Waals surface area contributed by atoms with E-state index >= 15 is 0 Å². The van der Waals surface area contributed by atoms with Crippen molar-refractivity contribution in [3.8, 4) is 0 Å². The van der Waals surface area contributed by atoms with Crippen molar-refractivity contribution in [3.05, 3.63) is 30.2 Å². The van der Waals surface area contributed by atoms with Crippen LogP contribution in [0.1, 0.15) is 43.0 Å². The summed E-state index contributed by atoms with van der Waals surface area (Å²) in [5.41, 5.74) is 1.13. The van der Waals surface area contributed by atoms with Crippen LogP contribution < -0.4 is 5.32 Å². The lowest BCUT2D eigenvalue weighted by Crippen LogP contribution is -2.24. The van der Waals surface area contributed by atoms with Crippen molar-refractivity contribution in [1.29, 1.82) is 0 Å². The van der Waals surface area contributed by atoms with E-state index in [2.05, 4.69) is 22.3 Å². The van der Waals surface area contributed by atoms with E-state index in [-0.39, 0.29) is 5.91 Å². The maximum atomic E-state index is 11.9. The third-order valence-electron chi connectivity index (χ3n) is 2.84. The molecule has 1 amide bonds. The Morgan fingerprint density at radius 3 is 3.11 bits per heavy atom. The number of fused-ring (bicyclic) bond motifs is 1. The molecule has 2 aromatic rings. The number of hydrogen-bond acceptors (Lipinski definition) is 3. The molecule has 0 atom stereocenters. The van der Waals surface area contributed by atoms with Gasteiger partial charge in [-0.2, -0.15) is 5.10 Å². The molecule has 0 aliphatic heterocycles. The molecule has 0 unspecified atom stereocenters. The second-order valence-corrected chi connectivity index (χ2v) is 4.26. The molecule has 0 saturated carbocycles. The number of nitrogens with one attached hydrogen (secondary N) is 1. The highest BCUT2D eigenvalue weighted by Gasteiger charge is 2.12. The minimum Gasteiger partial charge on any atom is -0.352 e. The summed E-state index contributed by atoms with van der Waals surface area (Å²) >= 11 is 0. The molecule has 96 valence electrons. The fraction of sp³-hybridized carbons (Fsp3) is 0.462. The number of aromatic nitrogens is 3. The summed E-state index contributed by atoms with van der Waals surface area (Å²) in [6.45, 7) is 2.88. The summed E-state index contributed by atoms with van der Waals surface area (Å²) in [6.07, 6.45) is 9.59. The fourth-order valence-corrected chi connectivity index (χ4v) is 1.84. The predicted octanol–water partition coefficient (Wildman–Crippen LogP) is 2.04. The van der Waals surface area contributed by atoms with E-state index in [1.54, 1.807) is 29.2 Å². The summed E-state index contributed by atoms with van der Waals surface area (Å²) in [4.78, 5) is 16.1. The fourth-order valence-electron chi connectivity index (χ4n) is 1.84. The molecule has 18 heavy (non-hydrogen) atoms. The Labute approximate surface area is 106 Å². The molecule has 1 N–H and O–H groups in total. The van der Waals surface area contributed by atoms with E-state index in [9.17, 15) is 4.79 Å². The standard InChI is InChI=1S/C13H18N4O/c1-2-3-4-5-7-15-13(18)11-10-16-17-9-6-8-14-12(11)17/h6,8-10H,2-5,7H2,1H3,(H,15,18). The Bertz CT molecular complexity index is 520. The molecular formula is C13H18N4O. The Morgan fingerprint density at radius 1 is 1.39 bits per heavy atom. The van der Waals surface area contributed by atoms with Crippen LogP contribution in [0.15, 0.2) is 24.7 Å². The summed E-state index contributed by atoms with van der Waals surface area (Å²) in [6, 6.07) is 1.78. The molecule has 0 saturated heterocycles. The van der Waals surface area contributed by atoms with Crippen molar-refractivity contribution >= 4 is 11.6 Å². The van der Waals surface area contributed by atoms with Crippen molar-refractivity contribution in [2.24, 2.45) is 0 Å². The smallest absolute Gasteiger partial charge is 0.256 e. The first-order valence-corrected chi connectivity index (χ1v) is 6.39. The van der Waals surface area contributed by atoms with Gasteiger partial charge in [0.05, 0.1) is 6.20 Å². The van der Waals surface area contributed by atoms with Crippen molar-refractivity contribution in [3.63, 3.8) is 0 Å². The monoisotopic (exact) mass is 246 g/mol. The lowest BCUT2D eigenvalue weighted by Gasteiger charge is -2.03. The van der Waals surface area contributed by atoms with E-state index < -0.39 is 0 Å². The minimum absolute atomic E-state index is 0.0970. The van der Waals surface area contributed by atoms with Gasteiger partial charge in [0.25, 0.3) is 5.91 Å². The average Bonchev–Trinajstić information content (AvgIpc) is 2.82. The van der Waals surface area contributed by atoms with Crippen LogP contribution in [0.4, 0.5) is 0 Å². The lowest BCUT2D eigenvalue weighted by molar-refractivity contribution is 0.0954. The van der Waals surface area contributed by atoms with Crippen LogP contribution in [0.3, 0.4) is 0 Å². The Balaban J connectivity index is 1.93. The Morgan fingerprint density at radius 2 is 2.28 bits per heavy atom. The number of carbonyl (C=O) groups excluding carboxylic acids is 1. The average molecular weight is 246 g/mol. The zero-order valence-corrected chi connectivity index (χ0v) is 10.6. The number of carbonyl (C=O) groups is 1. The second kappa shape index (κ2) is 6.14. The summed E-state index contributed by atoms with van der Waals surface area (Å²) < 4.78 is 1.60. The van der Waals surface area contributed by atoms with Gasteiger partial charge in [0.15, 0.2) is 5.65 Å². The van der Waals surface area contributed by atoms with Gasteiger partial charge in [0.2, 0.25) is 0 Å². The van der Waals surface area contributed by atoms with Crippen molar-refractivity contribution in [2.75, 3.05) is 6.54 Å². The van der Waals surface area contributed by atoms with E-state index in [1.807, 2.05) is 0 Å². The molecule has 0 aliphatic carbocycles. The quantitative estimate of drug-likeness (QED) is 0.793. The van der Waals surface area contributed by atoms with Crippen LogP contribution in [0.25, 0.3) is 5.65 Å². The summed E-state index contributed by atoms with van der Waals surface area (Å²) in [5.74, 6) is -0.0970. The predicted molar refractivity (Wildman–Crippen MR) is 69.5 cm³/mol. The van der Waals surface area contributed by atoms with Crippen LogP contribution in [-0.4, -0.2) is 27.0 Å². The molecule has 0 fully saturated rings. The Kier molecular flexibility index (Phi) is 4.28. The largest absolute Gasteiger partial charge is 0.352 e. The van der Waals surface area contributed by atoms with Gasteiger partial charge in [-0.3, -0.25) is 4.79 Å². The van der Waals surface area contributed by atoms with Gasteiger partial charge in [-0.25, -0.2) is 9.50 Å². The van der Waals surface area contributed by atoms with E-state index in [4.69, 9.17) is 0 Å². The molecular weight excluding hydrogens is 228 g/mol. The summed E-state index contributed by atoms with van der Waals surface area (Å²) in [7, 11) is 0. The highest BCUT2D eigenvalue weighted by Crippen LogP contribution is 2.06. The molecule has 0 aromatic carbocycles. The van der Waals surface area contributed by atoms with Crippen molar-refractivity contribution in [1.82, 2.24) is 19.9 Å². The molecule has 0 bridgehead atoms. The zero-order chi connectivity index (χ0) is 12.8. The molecule has 2 heterocycles. The normalized spacial score (nSPS) is 10.7. The minimum atomic E-state index is -0.0970. The molecule has 5 heteroatoms. The van der Waals surface area contributed by atoms with Crippen molar-refractivity contribution in [2.45, 2.75) is 32.6 Å². The van der Waals surface area contributed by atoms with Gasteiger partial charge in [-0.15, -0.1) is 0 Å². The maximum Gasteiger partial charge on any atom is 0.256 e. The lowest BCUT2D eigenvalue weighted by atomic mass is 10.2. The zero-order valence-electron chi connectivity index (χ0n) is 10.6. The number of rotatable bonds is 6.